The van der Waals surface area contributed by atoms with E-state index in [9.17, 15) is 8.42 Å². The second-order valence-corrected chi connectivity index (χ2v) is 14.6. The molecule has 2 aliphatic heterocycles. The largest absolute Gasteiger partial charge is 0.359 e. The van der Waals surface area contributed by atoms with E-state index in [4.69, 9.17) is 9.88 Å². The summed E-state index contributed by atoms with van der Waals surface area (Å²) in [5.74, 6) is 0.864. The molecule has 6 nitrogen and oxygen atoms in total. The number of sulfonamides is 1. The molecule has 0 aromatic rings. The van der Waals surface area contributed by atoms with Crippen LogP contribution in [-0.4, -0.2) is 50.7 Å². The molecule has 2 spiro atoms. The van der Waals surface area contributed by atoms with Gasteiger partial charge in [0.25, 0.3) is 0 Å². The van der Waals surface area contributed by atoms with Crippen LogP contribution in [0.5, 0.6) is 0 Å². The number of ether oxygens (including phenoxy) is 1. The van der Waals surface area contributed by atoms with Gasteiger partial charge in [-0.25, -0.2) is 13.6 Å². The summed E-state index contributed by atoms with van der Waals surface area (Å²) in [4.78, 5) is 4.53. The Morgan fingerprint density at radius 2 is 2.08 bits per heavy atom. The van der Waals surface area contributed by atoms with Gasteiger partial charge in [-0.15, -0.1) is 0 Å². The van der Waals surface area contributed by atoms with Crippen molar-refractivity contribution < 1.29 is 13.2 Å². The van der Waals surface area contributed by atoms with Crippen molar-refractivity contribution in [2.45, 2.75) is 96.3 Å². The molecule has 2 saturated carbocycles. The molecule has 5 rings (SSSR count). The number of hydrogen-bond acceptors (Lipinski definition) is 5. The molecule has 7 heteroatoms. The van der Waals surface area contributed by atoms with Gasteiger partial charge in [-0.1, -0.05) is 43.4 Å². The fourth-order valence-electron chi connectivity index (χ4n) is 8.52. The van der Waals surface area contributed by atoms with Crippen molar-refractivity contribution in [3.05, 3.63) is 58.7 Å². The van der Waals surface area contributed by atoms with Gasteiger partial charge in [0, 0.05) is 25.3 Å². The van der Waals surface area contributed by atoms with Crippen molar-refractivity contribution in [1.29, 1.82) is 0 Å². The third-order valence-electron chi connectivity index (χ3n) is 10.5. The second-order valence-electron chi connectivity index (χ2n) is 12.9. The number of nitrogens with one attached hydrogen (secondary N) is 1. The fraction of sp³-hybridized carbons (Fsp3) is 0.656. The lowest BCUT2D eigenvalue weighted by Gasteiger charge is -2.54. The zero-order chi connectivity index (χ0) is 28.1. The Kier molecular flexibility index (Phi) is 7.77. The maximum absolute atomic E-state index is 11.4. The number of allylic oxidation sites excluding steroid dienone is 6. The van der Waals surface area contributed by atoms with E-state index in [2.05, 4.69) is 68.9 Å². The summed E-state index contributed by atoms with van der Waals surface area (Å²) >= 11 is 0. The van der Waals surface area contributed by atoms with Crippen LogP contribution in [0.25, 0.3) is 0 Å². The van der Waals surface area contributed by atoms with E-state index >= 15 is 0 Å². The maximum atomic E-state index is 11.4. The molecule has 1 saturated heterocycles. The average molecular weight is 554 g/mol. The highest BCUT2D eigenvalue weighted by Gasteiger charge is 2.66. The first-order valence-electron chi connectivity index (χ1n) is 14.8. The topological polar surface area (TPSA) is 93.8 Å². The van der Waals surface area contributed by atoms with E-state index in [0.29, 0.717) is 18.4 Å². The van der Waals surface area contributed by atoms with Crippen molar-refractivity contribution >= 4 is 16.2 Å². The van der Waals surface area contributed by atoms with Crippen LogP contribution in [-0.2, 0) is 14.8 Å². The van der Waals surface area contributed by atoms with Gasteiger partial charge in [0.2, 0.25) is 10.0 Å². The van der Waals surface area contributed by atoms with E-state index in [1.807, 2.05) is 6.21 Å². The predicted molar refractivity (Wildman–Crippen MR) is 160 cm³/mol. The van der Waals surface area contributed by atoms with Crippen LogP contribution in [0.4, 0.5) is 0 Å². The standard InChI is InChI=1S/C32H47N3O3S/c1-6-23(18-24(22(3)4)21-34-7-2)28-10-11-29-30(28,5)13-12-26-19-25-8-9-27(35-16-17-39(33,36)37)20-31(25)14-15-32(26,29)38-31/h6,12,18-19,21,27-29,35H,1,7-11,13-17,20H2,2-5H3,(H2,33,36,37). The normalized spacial score (nSPS) is 37.6. The van der Waals surface area contributed by atoms with Crippen molar-refractivity contribution in [3.8, 4) is 0 Å². The maximum Gasteiger partial charge on any atom is 0.210 e. The Hall–Kier alpha value is -1.80. The molecule has 6 unspecified atom stereocenters. The number of primary sulfonamides is 1. The van der Waals surface area contributed by atoms with Crippen molar-refractivity contribution in [1.82, 2.24) is 5.32 Å². The highest BCUT2D eigenvalue weighted by atomic mass is 32.2. The Morgan fingerprint density at radius 3 is 2.77 bits per heavy atom. The van der Waals surface area contributed by atoms with E-state index in [1.165, 1.54) is 27.9 Å². The predicted octanol–water partition coefficient (Wildman–Crippen LogP) is 5.55. The second kappa shape index (κ2) is 10.6. The van der Waals surface area contributed by atoms with Crippen molar-refractivity contribution in [2.24, 2.45) is 27.4 Å². The number of fused-ring (bicyclic) bond motifs is 1. The summed E-state index contributed by atoms with van der Waals surface area (Å²) in [6.07, 6.45) is 19.8. The van der Waals surface area contributed by atoms with Crippen LogP contribution in [0, 0.1) is 17.3 Å². The number of rotatable bonds is 9. The molecule has 6 atom stereocenters. The molecule has 2 bridgehead atoms. The molecular weight excluding hydrogens is 506 g/mol. The summed E-state index contributed by atoms with van der Waals surface area (Å²) in [5.41, 5.74) is 6.30. The highest BCUT2D eigenvalue weighted by molar-refractivity contribution is 7.89. The zero-order valence-electron chi connectivity index (χ0n) is 24.3. The first-order valence-corrected chi connectivity index (χ1v) is 16.5. The lowest BCUT2D eigenvalue weighted by molar-refractivity contribution is -0.137. The number of nitrogens with zero attached hydrogens (tertiary/aromatic N) is 1. The third kappa shape index (κ3) is 5.09. The molecule has 0 aromatic heterocycles. The number of aliphatic imine (C=N–C) groups is 1. The smallest absolute Gasteiger partial charge is 0.210 e. The lowest BCUT2D eigenvalue weighted by Crippen LogP contribution is -2.55. The SMILES string of the molecule is C=CC(=CC(C=NCC)=C(C)C)C1CCC2C34CCC5(CC(NCCS(N)(=O)=O)CCC5=CC3=CCC12C)O4. The molecule has 39 heavy (non-hydrogen) atoms. The summed E-state index contributed by atoms with van der Waals surface area (Å²) in [7, 11) is -3.46. The monoisotopic (exact) mass is 553 g/mol. The molecule has 5 aliphatic rings. The summed E-state index contributed by atoms with van der Waals surface area (Å²) in [6.45, 7) is 14.3. The van der Waals surface area contributed by atoms with E-state index in [-0.39, 0.29) is 28.4 Å². The molecule has 3 aliphatic carbocycles. The minimum Gasteiger partial charge on any atom is -0.359 e. The highest BCUT2D eigenvalue weighted by Crippen LogP contribution is 2.68. The molecule has 0 radical (unpaired) electrons. The molecule has 3 N–H and O–H groups in total. The van der Waals surface area contributed by atoms with E-state index in [0.717, 1.165) is 57.9 Å². The Labute approximate surface area is 235 Å². The van der Waals surface area contributed by atoms with Gasteiger partial charge < -0.3 is 10.1 Å². The fourth-order valence-corrected chi connectivity index (χ4v) is 8.92. The molecule has 214 valence electrons. The van der Waals surface area contributed by atoms with Gasteiger partial charge >= 0.3 is 0 Å². The average Bonchev–Trinajstić information content (AvgIpc) is 3.38. The quantitative estimate of drug-likeness (QED) is 0.289. The van der Waals surface area contributed by atoms with Crippen LogP contribution in [0.1, 0.15) is 79.1 Å². The Morgan fingerprint density at radius 1 is 1.28 bits per heavy atom. The Bertz CT molecular complexity index is 1270. The molecule has 2 heterocycles. The minimum absolute atomic E-state index is 0.0311. The van der Waals surface area contributed by atoms with Crippen LogP contribution in [0.2, 0.25) is 0 Å². The number of hydrogen-bond donors (Lipinski definition) is 2. The lowest BCUT2D eigenvalue weighted by atomic mass is 9.57. The van der Waals surface area contributed by atoms with E-state index in [1.54, 1.807) is 0 Å². The zero-order valence-corrected chi connectivity index (χ0v) is 25.1. The van der Waals surface area contributed by atoms with Gasteiger partial charge in [0.15, 0.2) is 0 Å². The van der Waals surface area contributed by atoms with Gasteiger partial charge in [-0.05, 0) is 112 Å². The third-order valence-corrected chi connectivity index (χ3v) is 11.2. The van der Waals surface area contributed by atoms with Gasteiger partial charge in [-0.3, -0.25) is 4.99 Å². The van der Waals surface area contributed by atoms with Crippen LogP contribution in [0.15, 0.2) is 63.7 Å². The minimum atomic E-state index is -3.46. The summed E-state index contributed by atoms with van der Waals surface area (Å²) < 4.78 is 30.2. The molecule has 0 amide bonds. The first kappa shape index (κ1) is 28.7. The number of nitrogens with two attached hydrogens (primary N) is 1. The van der Waals surface area contributed by atoms with E-state index < -0.39 is 10.0 Å². The van der Waals surface area contributed by atoms with Crippen molar-refractivity contribution in [3.63, 3.8) is 0 Å². The molecular formula is C32H47N3O3S. The van der Waals surface area contributed by atoms with Crippen LogP contribution in [0.3, 0.4) is 0 Å². The van der Waals surface area contributed by atoms with Gasteiger partial charge in [0.05, 0.1) is 17.0 Å². The van der Waals surface area contributed by atoms with Gasteiger partial charge in [-0.2, -0.15) is 0 Å². The van der Waals surface area contributed by atoms with Crippen LogP contribution < -0.4 is 10.5 Å². The first-order chi connectivity index (χ1) is 18.5. The summed E-state index contributed by atoms with van der Waals surface area (Å²) in [6, 6.07) is 0.249. The van der Waals surface area contributed by atoms with Gasteiger partial charge in [0.1, 0.15) is 0 Å². The molecule has 3 fully saturated rings. The van der Waals surface area contributed by atoms with Crippen LogP contribution >= 0.6 is 0 Å². The summed E-state index contributed by atoms with van der Waals surface area (Å²) in [5, 5.41) is 8.70. The van der Waals surface area contributed by atoms with Crippen molar-refractivity contribution in [2.75, 3.05) is 18.8 Å². The molecule has 0 aromatic carbocycles. The Balaban J connectivity index is 1.41.